The zero-order valence-corrected chi connectivity index (χ0v) is 5.51. The maximum Gasteiger partial charge on any atom is 0.133 e. The van der Waals surface area contributed by atoms with Crippen molar-refractivity contribution in [1.82, 2.24) is 0 Å². The van der Waals surface area contributed by atoms with Crippen LogP contribution in [0.25, 0.3) is 0 Å². The van der Waals surface area contributed by atoms with Crippen LogP contribution in [0.4, 0.5) is 0 Å². The summed E-state index contributed by atoms with van der Waals surface area (Å²) in [6.45, 7) is 1.42. The molecule has 0 atom stereocenters. The van der Waals surface area contributed by atoms with Crippen molar-refractivity contribution >= 4 is 5.78 Å². The van der Waals surface area contributed by atoms with E-state index in [1.165, 1.54) is 20.1 Å². The number of Topliss-reactive ketones (excluding diaryl/α,β-unsaturated/α-hetero) is 1. The van der Waals surface area contributed by atoms with Gasteiger partial charge in [0.15, 0.2) is 0 Å². The number of hydrogen-bond donors (Lipinski definition) is 0. The van der Waals surface area contributed by atoms with E-state index in [0.29, 0.717) is 0 Å². The molecular formula is C6H9O3-. The summed E-state index contributed by atoms with van der Waals surface area (Å²) < 4.78 is 4.25. The van der Waals surface area contributed by atoms with Gasteiger partial charge in [-0.05, 0) is 14.0 Å². The Labute approximate surface area is 53.9 Å². The molecular weight excluding hydrogens is 120 g/mol. The van der Waals surface area contributed by atoms with E-state index < -0.39 is 5.95 Å². The first kappa shape index (κ1) is 8.01. The summed E-state index contributed by atoms with van der Waals surface area (Å²) >= 11 is 0. The monoisotopic (exact) mass is 129 g/mol. The van der Waals surface area contributed by atoms with E-state index in [1.807, 2.05) is 0 Å². The predicted octanol–water partition coefficient (Wildman–Crippen LogP) is -0.186. The zero-order valence-electron chi connectivity index (χ0n) is 5.51. The van der Waals surface area contributed by atoms with Gasteiger partial charge < -0.3 is 9.84 Å². The van der Waals surface area contributed by atoms with Gasteiger partial charge in [-0.2, -0.15) is 0 Å². The third kappa shape index (κ3) is 4.87. The minimum atomic E-state index is -0.454. The molecule has 0 N–H and O–H groups in total. The van der Waals surface area contributed by atoms with Crippen LogP contribution in [0.2, 0.25) is 0 Å². The maximum absolute atomic E-state index is 10.3. The summed E-state index contributed by atoms with van der Waals surface area (Å²) in [7, 11) is 1.28. The van der Waals surface area contributed by atoms with Crippen molar-refractivity contribution in [2.24, 2.45) is 0 Å². The number of rotatable bonds is 3. The van der Waals surface area contributed by atoms with E-state index in [9.17, 15) is 9.90 Å². The molecule has 0 unspecified atom stereocenters. The summed E-state index contributed by atoms with van der Waals surface area (Å²) in [5, 5.41) is 10.3. The average molecular weight is 129 g/mol. The van der Waals surface area contributed by atoms with Crippen LogP contribution in [0.1, 0.15) is 13.3 Å². The number of ether oxygens (including phenoxy) is 1. The molecule has 3 heteroatoms. The minimum Gasteiger partial charge on any atom is -0.617 e. The van der Waals surface area contributed by atoms with Gasteiger partial charge in [0.05, 0.1) is 0 Å². The molecule has 0 aliphatic carbocycles. The van der Waals surface area contributed by atoms with Crippen molar-refractivity contribution in [3.8, 4) is 0 Å². The van der Waals surface area contributed by atoms with Crippen molar-refractivity contribution in [2.75, 3.05) is 7.11 Å². The van der Waals surface area contributed by atoms with Gasteiger partial charge in [0.25, 0.3) is 0 Å². The molecule has 0 heterocycles. The first-order valence-electron chi connectivity index (χ1n) is 2.57. The standard InChI is InChI=1S/C6H10O3/c1-5(7)3-4-6(8)9-2/h4,8H,3H2,1-2H3/p-1/b6-4+. The Morgan fingerprint density at radius 2 is 2.33 bits per heavy atom. The van der Waals surface area contributed by atoms with Gasteiger partial charge in [-0.15, -0.1) is 0 Å². The highest BCUT2D eigenvalue weighted by molar-refractivity contribution is 5.76. The summed E-state index contributed by atoms with van der Waals surface area (Å²) in [6, 6.07) is 0. The Kier molecular flexibility index (Phi) is 3.51. The maximum atomic E-state index is 10.3. The second-order valence-corrected chi connectivity index (χ2v) is 1.63. The van der Waals surface area contributed by atoms with Crippen molar-refractivity contribution in [3.05, 3.63) is 12.0 Å². The summed E-state index contributed by atoms with van der Waals surface area (Å²) in [5.41, 5.74) is 0. The molecule has 0 radical (unpaired) electrons. The molecule has 0 aromatic rings. The van der Waals surface area contributed by atoms with Crippen molar-refractivity contribution < 1.29 is 14.6 Å². The molecule has 0 rings (SSSR count). The lowest BCUT2D eigenvalue weighted by Crippen LogP contribution is -2.05. The van der Waals surface area contributed by atoms with Gasteiger partial charge >= 0.3 is 0 Å². The highest BCUT2D eigenvalue weighted by Gasteiger charge is 1.85. The van der Waals surface area contributed by atoms with Gasteiger partial charge in [-0.1, -0.05) is 6.08 Å². The number of allylic oxidation sites excluding steroid dienone is 1. The van der Waals surface area contributed by atoms with Gasteiger partial charge in [0.2, 0.25) is 0 Å². The normalized spacial score (nSPS) is 11.1. The molecule has 0 spiro atoms. The number of carbonyl (C=O) groups is 1. The van der Waals surface area contributed by atoms with Gasteiger partial charge in [0, 0.05) is 12.4 Å². The van der Waals surface area contributed by atoms with Crippen LogP contribution < -0.4 is 5.11 Å². The second-order valence-electron chi connectivity index (χ2n) is 1.63. The van der Waals surface area contributed by atoms with E-state index in [0.717, 1.165) is 0 Å². The fraction of sp³-hybridized carbons (Fsp3) is 0.500. The molecule has 0 aliphatic heterocycles. The number of carbonyl (C=O) groups excluding carboxylic acids is 1. The Bertz CT molecular complexity index is 126. The fourth-order valence-electron chi connectivity index (χ4n) is 0.310. The largest absolute Gasteiger partial charge is 0.617 e. The van der Waals surface area contributed by atoms with Gasteiger partial charge in [-0.3, -0.25) is 4.79 Å². The molecule has 0 bridgehead atoms. The van der Waals surface area contributed by atoms with E-state index in [4.69, 9.17) is 0 Å². The summed E-state index contributed by atoms with van der Waals surface area (Å²) in [6.07, 6.45) is 1.37. The Morgan fingerprint density at radius 3 is 2.67 bits per heavy atom. The van der Waals surface area contributed by atoms with Crippen LogP contribution in [-0.4, -0.2) is 12.9 Å². The third-order valence-corrected chi connectivity index (χ3v) is 0.757. The number of hydrogen-bond acceptors (Lipinski definition) is 3. The van der Waals surface area contributed by atoms with Crippen LogP contribution >= 0.6 is 0 Å². The first-order valence-corrected chi connectivity index (χ1v) is 2.57. The zero-order chi connectivity index (χ0) is 7.28. The van der Waals surface area contributed by atoms with E-state index >= 15 is 0 Å². The Balaban J connectivity index is 3.56. The third-order valence-electron chi connectivity index (χ3n) is 0.757. The minimum absolute atomic E-state index is 0.0413. The molecule has 0 aliphatic rings. The van der Waals surface area contributed by atoms with Crippen molar-refractivity contribution in [2.45, 2.75) is 13.3 Å². The molecule has 0 amide bonds. The molecule has 3 nitrogen and oxygen atoms in total. The topological polar surface area (TPSA) is 49.4 Å². The highest BCUT2D eigenvalue weighted by Crippen LogP contribution is 1.88. The van der Waals surface area contributed by atoms with Crippen molar-refractivity contribution in [1.29, 1.82) is 0 Å². The second kappa shape index (κ2) is 3.95. The first-order chi connectivity index (χ1) is 4.16. The SMILES string of the molecule is CO/C([O-])=C/CC(C)=O. The predicted molar refractivity (Wildman–Crippen MR) is 30.4 cm³/mol. The van der Waals surface area contributed by atoms with Crippen LogP contribution in [0.5, 0.6) is 0 Å². The van der Waals surface area contributed by atoms with E-state index in [2.05, 4.69) is 4.74 Å². The molecule has 9 heavy (non-hydrogen) atoms. The molecule has 0 saturated heterocycles. The van der Waals surface area contributed by atoms with Gasteiger partial charge in [-0.25, -0.2) is 0 Å². The molecule has 0 aromatic carbocycles. The quantitative estimate of drug-likeness (QED) is 0.496. The molecule has 52 valence electrons. The van der Waals surface area contributed by atoms with Gasteiger partial charge in [0.1, 0.15) is 5.78 Å². The summed E-state index contributed by atoms with van der Waals surface area (Å²) in [5.74, 6) is -0.495. The number of ketones is 1. The van der Waals surface area contributed by atoms with Crippen LogP contribution in [0, 0.1) is 0 Å². The molecule has 0 aromatic heterocycles. The van der Waals surface area contributed by atoms with Crippen LogP contribution in [-0.2, 0) is 9.53 Å². The average Bonchev–Trinajstić information content (AvgIpc) is 1.83. The Hall–Kier alpha value is -0.990. The van der Waals surface area contributed by atoms with Crippen LogP contribution in [0.15, 0.2) is 12.0 Å². The lowest BCUT2D eigenvalue weighted by atomic mass is 10.3. The lowest BCUT2D eigenvalue weighted by molar-refractivity contribution is -0.353. The highest BCUT2D eigenvalue weighted by atomic mass is 16.6. The van der Waals surface area contributed by atoms with Crippen LogP contribution in [0.3, 0.4) is 0 Å². The summed E-state index contributed by atoms with van der Waals surface area (Å²) in [4.78, 5) is 10.2. The molecule has 0 fully saturated rings. The lowest BCUT2D eigenvalue weighted by Gasteiger charge is -2.06. The van der Waals surface area contributed by atoms with E-state index in [1.54, 1.807) is 0 Å². The van der Waals surface area contributed by atoms with Crippen molar-refractivity contribution in [3.63, 3.8) is 0 Å². The van der Waals surface area contributed by atoms with E-state index in [-0.39, 0.29) is 12.2 Å². The Morgan fingerprint density at radius 1 is 1.78 bits per heavy atom. The number of methoxy groups -OCH3 is 1. The smallest absolute Gasteiger partial charge is 0.133 e. The molecule has 0 saturated carbocycles. The fourth-order valence-corrected chi connectivity index (χ4v) is 0.310.